The van der Waals surface area contributed by atoms with Crippen LogP contribution in [-0.2, 0) is 11.3 Å². The lowest BCUT2D eigenvalue weighted by molar-refractivity contribution is -0.115. The van der Waals surface area contributed by atoms with Crippen molar-refractivity contribution < 1.29 is 13.6 Å². The fourth-order valence-corrected chi connectivity index (χ4v) is 3.80. The van der Waals surface area contributed by atoms with E-state index < -0.39 is 11.6 Å². The van der Waals surface area contributed by atoms with Crippen LogP contribution in [0.15, 0.2) is 52.6 Å². The lowest BCUT2D eigenvalue weighted by Crippen LogP contribution is -2.19. The average Bonchev–Trinajstić information content (AvgIpc) is 3.25. The summed E-state index contributed by atoms with van der Waals surface area (Å²) < 4.78 is 28.9. The second-order valence-electron chi connectivity index (χ2n) is 7.07. The number of amides is 1. The smallest absolute Gasteiger partial charge is 0.264 e. The number of aliphatic imine (C=N–C) groups is 1. The van der Waals surface area contributed by atoms with Crippen molar-refractivity contribution in [3.8, 4) is 0 Å². The Morgan fingerprint density at radius 2 is 2.07 bits per heavy atom. The first-order chi connectivity index (χ1) is 14.4. The second kappa shape index (κ2) is 8.37. The molecule has 3 aromatic rings. The predicted octanol–water partition coefficient (Wildman–Crippen LogP) is 3.77. The molecule has 0 radical (unpaired) electrons. The SMILES string of the molecule is CN(C)CCn1cnc2ccc(/C=C3/SC(=Nc4ccc(F)cc4F)NC3=O)cc21. The quantitative estimate of drug-likeness (QED) is 0.630. The Morgan fingerprint density at radius 3 is 2.83 bits per heavy atom. The number of carbonyl (C=O) groups is 1. The number of fused-ring (bicyclic) bond motifs is 1. The summed E-state index contributed by atoms with van der Waals surface area (Å²) in [5.74, 6) is -1.78. The Balaban J connectivity index is 1.58. The second-order valence-corrected chi connectivity index (χ2v) is 8.10. The van der Waals surface area contributed by atoms with Gasteiger partial charge in [-0.2, -0.15) is 0 Å². The molecule has 1 aromatic heterocycles. The van der Waals surface area contributed by atoms with Crippen molar-refractivity contribution in [3.63, 3.8) is 0 Å². The molecule has 2 heterocycles. The first kappa shape index (κ1) is 20.2. The molecule has 2 aromatic carbocycles. The molecular weight excluding hydrogens is 408 g/mol. The van der Waals surface area contributed by atoms with Gasteiger partial charge in [0.05, 0.1) is 22.3 Å². The molecule has 30 heavy (non-hydrogen) atoms. The Morgan fingerprint density at radius 1 is 1.23 bits per heavy atom. The van der Waals surface area contributed by atoms with Gasteiger partial charge in [-0.05, 0) is 61.8 Å². The highest BCUT2D eigenvalue weighted by atomic mass is 32.2. The Labute approximate surface area is 176 Å². The van der Waals surface area contributed by atoms with Crippen molar-refractivity contribution >= 4 is 45.6 Å². The van der Waals surface area contributed by atoms with E-state index in [1.165, 1.54) is 6.07 Å². The molecule has 0 unspecified atom stereocenters. The van der Waals surface area contributed by atoms with E-state index in [1.807, 2.05) is 38.6 Å². The molecule has 4 rings (SSSR count). The number of amidine groups is 1. The van der Waals surface area contributed by atoms with Gasteiger partial charge < -0.3 is 14.8 Å². The molecule has 1 N–H and O–H groups in total. The Bertz CT molecular complexity index is 1190. The van der Waals surface area contributed by atoms with Crippen molar-refractivity contribution in [3.05, 3.63) is 64.8 Å². The minimum atomic E-state index is -0.786. The summed E-state index contributed by atoms with van der Waals surface area (Å²) in [4.78, 5) is 23.4. The maximum atomic E-state index is 13.8. The number of nitrogens with zero attached hydrogens (tertiary/aromatic N) is 4. The minimum absolute atomic E-state index is 0.0355. The average molecular weight is 427 g/mol. The molecule has 0 spiro atoms. The highest BCUT2D eigenvalue weighted by Gasteiger charge is 2.24. The van der Waals surface area contributed by atoms with Crippen LogP contribution in [0.3, 0.4) is 0 Å². The van der Waals surface area contributed by atoms with Crippen molar-refractivity contribution in [1.29, 1.82) is 0 Å². The van der Waals surface area contributed by atoms with Crippen molar-refractivity contribution in [1.82, 2.24) is 19.8 Å². The van der Waals surface area contributed by atoms with Crippen LogP contribution in [0.25, 0.3) is 17.1 Å². The predicted molar refractivity (Wildman–Crippen MR) is 115 cm³/mol. The van der Waals surface area contributed by atoms with Gasteiger partial charge in [0.1, 0.15) is 11.5 Å². The van der Waals surface area contributed by atoms with E-state index in [2.05, 4.69) is 24.8 Å². The van der Waals surface area contributed by atoms with Crippen LogP contribution in [0.5, 0.6) is 0 Å². The van der Waals surface area contributed by atoms with Crippen molar-refractivity contribution in [2.45, 2.75) is 6.54 Å². The van der Waals surface area contributed by atoms with Gasteiger partial charge in [-0.1, -0.05) is 6.07 Å². The maximum absolute atomic E-state index is 13.8. The van der Waals surface area contributed by atoms with Crippen LogP contribution < -0.4 is 5.32 Å². The zero-order valence-electron chi connectivity index (χ0n) is 16.4. The summed E-state index contributed by atoms with van der Waals surface area (Å²) in [5.41, 5.74) is 2.68. The molecule has 1 aliphatic rings. The first-order valence-electron chi connectivity index (χ1n) is 9.23. The number of hydrogen-bond acceptors (Lipinski definition) is 5. The number of hydrogen-bond donors (Lipinski definition) is 1. The zero-order valence-corrected chi connectivity index (χ0v) is 17.2. The van der Waals surface area contributed by atoms with Crippen LogP contribution in [0.2, 0.25) is 0 Å². The standard InChI is InChI=1S/C21H19F2N5OS/c1-27(2)7-8-28-12-24-17-5-3-13(9-18(17)28)10-19-20(29)26-21(30-19)25-16-6-4-14(22)11-15(16)23/h3-6,9-12H,7-8H2,1-2H3,(H,25,26,29)/b19-10+. The Hall–Kier alpha value is -3.04. The number of carbonyl (C=O) groups excluding carboxylic acids is 1. The van der Waals surface area contributed by atoms with Gasteiger partial charge in [-0.25, -0.2) is 18.8 Å². The lowest BCUT2D eigenvalue weighted by atomic mass is 10.2. The third-order valence-corrected chi connectivity index (χ3v) is 5.42. The molecule has 6 nitrogen and oxygen atoms in total. The van der Waals surface area contributed by atoms with Crippen molar-refractivity contribution in [2.75, 3.05) is 20.6 Å². The fraction of sp³-hybridized carbons (Fsp3) is 0.190. The van der Waals surface area contributed by atoms with Crippen LogP contribution >= 0.6 is 11.8 Å². The summed E-state index contributed by atoms with van der Waals surface area (Å²) in [5, 5.41) is 2.86. The number of thioether (sulfide) groups is 1. The molecule has 1 fully saturated rings. The molecular formula is C21H19F2N5OS. The zero-order chi connectivity index (χ0) is 21.3. The molecule has 1 saturated heterocycles. The minimum Gasteiger partial charge on any atom is -0.329 e. The number of rotatable bonds is 5. The van der Waals surface area contributed by atoms with Gasteiger partial charge >= 0.3 is 0 Å². The molecule has 0 bridgehead atoms. The van der Waals surface area contributed by atoms with E-state index in [1.54, 1.807) is 6.08 Å². The number of nitrogens with one attached hydrogen (secondary N) is 1. The lowest BCUT2D eigenvalue weighted by Gasteiger charge is -2.10. The van der Waals surface area contributed by atoms with E-state index in [4.69, 9.17) is 0 Å². The van der Waals surface area contributed by atoms with Gasteiger partial charge in [-0.3, -0.25) is 4.79 Å². The third kappa shape index (κ3) is 4.42. The van der Waals surface area contributed by atoms with Crippen LogP contribution in [-0.4, -0.2) is 46.2 Å². The summed E-state index contributed by atoms with van der Waals surface area (Å²) in [7, 11) is 4.03. The number of imidazole rings is 1. The topological polar surface area (TPSA) is 62.5 Å². The summed E-state index contributed by atoms with van der Waals surface area (Å²) in [6, 6.07) is 8.89. The van der Waals surface area contributed by atoms with Crippen molar-refractivity contribution in [2.24, 2.45) is 4.99 Å². The maximum Gasteiger partial charge on any atom is 0.264 e. The number of benzene rings is 2. The number of halogens is 2. The highest BCUT2D eigenvalue weighted by molar-refractivity contribution is 8.18. The van der Waals surface area contributed by atoms with Gasteiger partial charge in [0.2, 0.25) is 0 Å². The summed E-state index contributed by atoms with van der Waals surface area (Å²) >= 11 is 1.11. The number of likely N-dealkylation sites (N-methyl/N-ethyl adjacent to an activating group) is 1. The number of aromatic nitrogens is 2. The third-order valence-electron chi connectivity index (χ3n) is 4.51. The summed E-state index contributed by atoms with van der Waals surface area (Å²) in [6.07, 6.45) is 3.57. The van der Waals surface area contributed by atoms with E-state index in [-0.39, 0.29) is 16.8 Å². The Kier molecular flexibility index (Phi) is 5.65. The fourth-order valence-electron chi connectivity index (χ4n) is 2.96. The van der Waals surface area contributed by atoms with E-state index >= 15 is 0 Å². The molecule has 1 amide bonds. The van der Waals surface area contributed by atoms with Gasteiger partial charge in [0.25, 0.3) is 5.91 Å². The molecule has 9 heteroatoms. The normalized spacial score (nSPS) is 16.9. The molecule has 1 aliphatic heterocycles. The van der Waals surface area contributed by atoms with Gasteiger partial charge in [0.15, 0.2) is 11.0 Å². The molecule has 0 atom stereocenters. The molecule has 154 valence electrons. The monoisotopic (exact) mass is 427 g/mol. The first-order valence-corrected chi connectivity index (χ1v) is 10.0. The van der Waals surface area contributed by atoms with Crippen LogP contribution in [0, 0.1) is 11.6 Å². The van der Waals surface area contributed by atoms with Gasteiger partial charge in [-0.15, -0.1) is 0 Å². The van der Waals surface area contributed by atoms with Crippen LogP contribution in [0.1, 0.15) is 5.56 Å². The van der Waals surface area contributed by atoms with E-state index in [9.17, 15) is 13.6 Å². The van der Waals surface area contributed by atoms with Gasteiger partial charge in [0, 0.05) is 19.2 Å². The van der Waals surface area contributed by atoms with E-state index in [0.29, 0.717) is 4.91 Å². The van der Waals surface area contributed by atoms with Crippen LogP contribution in [0.4, 0.5) is 14.5 Å². The summed E-state index contributed by atoms with van der Waals surface area (Å²) in [6.45, 7) is 1.69. The molecule has 0 saturated carbocycles. The van der Waals surface area contributed by atoms with E-state index in [0.717, 1.165) is 53.6 Å². The largest absolute Gasteiger partial charge is 0.329 e. The molecule has 0 aliphatic carbocycles. The highest BCUT2D eigenvalue weighted by Crippen LogP contribution is 2.29.